The van der Waals surface area contributed by atoms with Crippen molar-refractivity contribution in [1.82, 2.24) is 14.8 Å². The van der Waals surface area contributed by atoms with E-state index >= 15 is 0 Å². The Balaban J connectivity index is 1.74. The van der Waals surface area contributed by atoms with Crippen molar-refractivity contribution in [2.24, 2.45) is 7.05 Å². The minimum Gasteiger partial charge on any atom is -0.366 e. The SMILES string of the molecule is Cn1cc(-c2ccc(NC3CC3)nn2)c2ccccc21. The van der Waals surface area contributed by atoms with Crippen LogP contribution in [0.5, 0.6) is 0 Å². The number of hydrogen-bond acceptors (Lipinski definition) is 3. The van der Waals surface area contributed by atoms with Crippen molar-refractivity contribution >= 4 is 16.7 Å². The van der Waals surface area contributed by atoms with Crippen LogP contribution in [-0.2, 0) is 7.05 Å². The standard InChI is InChI=1S/C16H16N4/c1-20-10-13(12-4-2-3-5-15(12)20)14-8-9-16(19-18-14)17-11-6-7-11/h2-5,8-11H,6-7H2,1H3,(H,17,19). The van der Waals surface area contributed by atoms with Gasteiger partial charge in [0.25, 0.3) is 0 Å². The van der Waals surface area contributed by atoms with Crippen LogP contribution in [0.2, 0.25) is 0 Å². The molecule has 100 valence electrons. The Labute approximate surface area is 117 Å². The van der Waals surface area contributed by atoms with Gasteiger partial charge in [-0.3, -0.25) is 0 Å². The minimum absolute atomic E-state index is 0.604. The zero-order chi connectivity index (χ0) is 13.5. The topological polar surface area (TPSA) is 42.7 Å². The van der Waals surface area contributed by atoms with Crippen LogP contribution in [0.4, 0.5) is 5.82 Å². The molecule has 0 atom stereocenters. The van der Waals surface area contributed by atoms with Crippen molar-refractivity contribution < 1.29 is 0 Å². The van der Waals surface area contributed by atoms with Crippen LogP contribution in [0.3, 0.4) is 0 Å². The number of aryl methyl sites for hydroxylation is 1. The van der Waals surface area contributed by atoms with Gasteiger partial charge in [-0.25, -0.2) is 0 Å². The molecule has 0 radical (unpaired) electrons. The van der Waals surface area contributed by atoms with E-state index in [1.807, 2.05) is 12.1 Å². The second-order valence-electron chi connectivity index (χ2n) is 5.39. The van der Waals surface area contributed by atoms with E-state index in [-0.39, 0.29) is 0 Å². The third-order valence-electron chi connectivity index (χ3n) is 3.77. The van der Waals surface area contributed by atoms with Crippen LogP contribution >= 0.6 is 0 Å². The summed E-state index contributed by atoms with van der Waals surface area (Å²) < 4.78 is 2.13. The zero-order valence-electron chi connectivity index (χ0n) is 11.4. The first-order valence-electron chi connectivity index (χ1n) is 6.96. The summed E-state index contributed by atoms with van der Waals surface area (Å²) in [4.78, 5) is 0. The normalized spacial score (nSPS) is 14.7. The number of rotatable bonds is 3. The molecule has 4 rings (SSSR count). The number of benzene rings is 1. The number of hydrogen-bond donors (Lipinski definition) is 1. The number of nitrogens with zero attached hydrogens (tertiary/aromatic N) is 3. The van der Waals surface area contributed by atoms with Gasteiger partial charge in [0.1, 0.15) is 5.82 Å². The van der Waals surface area contributed by atoms with Gasteiger partial charge < -0.3 is 9.88 Å². The fraction of sp³-hybridized carbons (Fsp3) is 0.250. The fourth-order valence-electron chi connectivity index (χ4n) is 2.54. The van der Waals surface area contributed by atoms with Crippen molar-refractivity contribution in [3.8, 4) is 11.3 Å². The van der Waals surface area contributed by atoms with Gasteiger partial charge in [0, 0.05) is 35.8 Å². The van der Waals surface area contributed by atoms with Gasteiger partial charge in [0.05, 0.1) is 5.69 Å². The van der Waals surface area contributed by atoms with Crippen LogP contribution in [0, 0.1) is 0 Å². The maximum atomic E-state index is 4.37. The van der Waals surface area contributed by atoms with E-state index < -0.39 is 0 Å². The van der Waals surface area contributed by atoms with Crippen molar-refractivity contribution in [3.05, 3.63) is 42.6 Å². The third kappa shape index (κ3) is 1.93. The monoisotopic (exact) mass is 264 g/mol. The largest absolute Gasteiger partial charge is 0.366 e. The highest BCUT2D eigenvalue weighted by atomic mass is 15.2. The first-order valence-corrected chi connectivity index (χ1v) is 6.96. The molecule has 0 amide bonds. The van der Waals surface area contributed by atoms with Crippen LogP contribution in [0.1, 0.15) is 12.8 Å². The van der Waals surface area contributed by atoms with E-state index in [2.05, 4.69) is 57.6 Å². The smallest absolute Gasteiger partial charge is 0.148 e. The van der Waals surface area contributed by atoms with Gasteiger partial charge in [-0.15, -0.1) is 10.2 Å². The van der Waals surface area contributed by atoms with Crippen LogP contribution in [0.25, 0.3) is 22.2 Å². The molecule has 1 saturated carbocycles. The maximum Gasteiger partial charge on any atom is 0.148 e. The van der Waals surface area contributed by atoms with Gasteiger partial charge in [-0.2, -0.15) is 0 Å². The van der Waals surface area contributed by atoms with Crippen molar-refractivity contribution in [3.63, 3.8) is 0 Å². The highest BCUT2D eigenvalue weighted by Gasteiger charge is 2.21. The van der Waals surface area contributed by atoms with Crippen LogP contribution in [-0.4, -0.2) is 20.8 Å². The number of aromatic nitrogens is 3. The molecule has 4 heteroatoms. The Bertz CT molecular complexity index is 754. The van der Waals surface area contributed by atoms with Gasteiger partial charge in [-0.05, 0) is 31.0 Å². The summed E-state index contributed by atoms with van der Waals surface area (Å²) in [6.07, 6.45) is 4.60. The Morgan fingerprint density at radius 3 is 2.70 bits per heavy atom. The second kappa shape index (κ2) is 4.34. The Morgan fingerprint density at radius 2 is 1.95 bits per heavy atom. The van der Waals surface area contributed by atoms with E-state index in [1.165, 1.54) is 23.7 Å². The summed E-state index contributed by atoms with van der Waals surface area (Å²) in [5, 5.41) is 13.2. The molecule has 1 aliphatic rings. The van der Waals surface area contributed by atoms with Gasteiger partial charge in [-0.1, -0.05) is 18.2 Å². The summed E-state index contributed by atoms with van der Waals surface area (Å²) in [6.45, 7) is 0. The van der Waals surface area contributed by atoms with Gasteiger partial charge in [0.15, 0.2) is 0 Å². The second-order valence-corrected chi connectivity index (χ2v) is 5.39. The molecule has 1 N–H and O–H groups in total. The van der Waals surface area contributed by atoms with E-state index in [0.29, 0.717) is 6.04 Å². The molecule has 4 nitrogen and oxygen atoms in total. The van der Waals surface area contributed by atoms with E-state index in [4.69, 9.17) is 0 Å². The van der Waals surface area contributed by atoms with Crippen molar-refractivity contribution in [2.45, 2.75) is 18.9 Å². The van der Waals surface area contributed by atoms with Crippen molar-refractivity contribution in [1.29, 1.82) is 0 Å². The lowest BCUT2D eigenvalue weighted by Crippen LogP contribution is -2.03. The summed E-state index contributed by atoms with van der Waals surface area (Å²) in [5.41, 5.74) is 3.27. The molecule has 1 aromatic carbocycles. The van der Waals surface area contributed by atoms with Gasteiger partial charge in [0.2, 0.25) is 0 Å². The molecule has 0 aliphatic heterocycles. The molecule has 0 saturated heterocycles. The highest BCUT2D eigenvalue weighted by molar-refractivity contribution is 5.95. The molecule has 1 fully saturated rings. The first-order chi connectivity index (χ1) is 9.81. The Morgan fingerprint density at radius 1 is 1.10 bits per heavy atom. The number of nitrogens with one attached hydrogen (secondary N) is 1. The maximum absolute atomic E-state index is 4.37. The molecular formula is C16H16N4. The summed E-state index contributed by atoms with van der Waals surface area (Å²) in [5.74, 6) is 0.872. The molecule has 0 bridgehead atoms. The van der Waals surface area contributed by atoms with E-state index in [1.54, 1.807) is 0 Å². The minimum atomic E-state index is 0.604. The number of fused-ring (bicyclic) bond motifs is 1. The summed E-state index contributed by atoms with van der Waals surface area (Å²) in [6, 6.07) is 13.0. The van der Waals surface area contributed by atoms with E-state index in [9.17, 15) is 0 Å². The van der Waals surface area contributed by atoms with Crippen LogP contribution in [0.15, 0.2) is 42.6 Å². The lowest BCUT2D eigenvalue weighted by atomic mass is 10.1. The predicted molar refractivity (Wildman–Crippen MR) is 80.6 cm³/mol. The van der Waals surface area contributed by atoms with Gasteiger partial charge >= 0.3 is 0 Å². The molecule has 2 heterocycles. The molecule has 20 heavy (non-hydrogen) atoms. The lowest BCUT2D eigenvalue weighted by molar-refractivity contribution is 0.965. The molecular weight excluding hydrogens is 248 g/mol. The summed E-state index contributed by atoms with van der Waals surface area (Å²) >= 11 is 0. The quantitative estimate of drug-likeness (QED) is 0.790. The summed E-state index contributed by atoms with van der Waals surface area (Å²) in [7, 11) is 2.06. The molecule has 0 spiro atoms. The lowest BCUT2D eigenvalue weighted by Gasteiger charge is -2.03. The van der Waals surface area contributed by atoms with Crippen molar-refractivity contribution in [2.75, 3.05) is 5.32 Å². The molecule has 2 aromatic heterocycles. The zero-order valence-corrected chi connectivity index (χ0v) is 11.4. The highest BCUT2D eigenvalue weighted by Crippen LogP contribution is 2.29. The average Bonchev–Trinajstić information content (AvgIpc) is 3.23. The average molecular weight is 264 g/mol. The molecule has 1 aliphatic carbocycles. The van der Waals surface area contributed by atoms with Crippen LogP contribution < -0.4 is 5.32 Å². The number of anilines is 1. The fourth-order valence-corrected chi connectivity index (χ4v) is 2.54. The Kier molecular flexibility index (Phi) is 2.49. The third-order valence-corrected chi connectivity index (χ3v) is 3.77. The van der Waals surface area contributed by atoms with E-state index in [0.717, 1.165) is 17.1 Å². The first kappa shape index (κ1) is 11.5. The molecule has 0 unspecified atom stereocenters. The Hall–Kier alpha value is -2.36. The predicted octanol–water partition coefficient (Wildman–Crippen LogP) is 3.21. The molecule has 3 aromatic rings. The number of para-hydroxylation sites is 1.